The molecule has 1 saturated carbocycles. The summed E-state index contributed by atoms with van der Waals surface area (Å²) in [5, 5.41) is 4.31. The first-order valence-electron chi connectivity index (χ1n) is 8.06. The van der Waals surface area contributed by atoms with Crippen molar-refractivity contribution in [3.8, 4) is 5.88 Å². The van der Waals surface area contributed by atoms with Gasteiger partial charge in [0.25, 0.3) is 0 Å². The van der Waals surface area contributed by atoms with E-state index in [4.69, 9.17) is 10.5 Å². The summed E-state index contributed by atoms with van der Waals surface area (Å²) in [7, 11) is 0. The zero-order chi connectivity index (χ0) is 16.5. The number of carbonyl (C=O) groups is 1. The molecule has 6 heteroatoms. The van der Waals surface area contributed by atoms with E-state index in [0.717, 1.165) is 12.8 Å². The SMILES string of the molecule is CC(C)N(C(=O)Oc1cc(N)n(C(C)(C)C)n1)C1CCCC1. The van der Waals surface area contributed by atoms with E-state index in [1.807, 2.05) is 39.5 Å². The molecule has 1 aromatic rings. The van der Waals surface area contributed by atoms with Crippen molar-refractivity contribution in [3.63, 3.8) is 0 Å². The second-order valence-corrected chi connectivity index (χ2v) is 7.30. The summed E-state index contributed by atoms with van der Waals surface area (Å²) in [4.78, 5) is 14.4. The number of anilines is 1. The molecule has 0 aliphatic heterocycles. The Bertz CT molecular complexity index is 525. The van der Waals surface area contributed by atoms with Gasteiger partial charge in [-0.25, -0.2) is 9.48 Å². The Hall–Kier alpha value is -1.72. The van der Waals surface area contributed by atoms with E-state index in [9.17, 15) is 4.79 Å². The Labute approximate surface area is 132 Å². The predicted molar refractivity (Wildman–Crippen MR) is 86.9 cm³/mol. The second kappa shape index (κ2) is 6.18. The second-order valence-electron chi connectivity index (χ2n) is 7.30. The zero-order valence-electron chi connectivity index (χ0n) is 14.3. The third-order valence-electron chi connectivity index (χ3n) is 4.03. The Morgan fingerprint density at radius 3 is 2.45 bits per heavy atom. The van der Waals surface area contributed by atoms with Gasteiger partial charge in [0, 0.05) is 18.2 Å². The minimum atomic E-state index is -0.333. The van der Waals surface area contributed by atoms with E-state index >= 15 is 0 Å². The highest BCUT2D eigenvalue weighted by molar-refractivity contribution is 5.71. The summed E-state index contributed by atoms with van der Waals surface area (Å²) in [6.07, 6.45) is 4.11. The van der Waals surface area contributed by atoms with Gasteiger partial charge in [-0.2, -0.15) is 0 Å². The minimum Gasteiger partial charge on any atom is -0.389 e. The molecular formula is C16H28N4O2. The van der Waals surface area contributed by atoms with Crippen LogP contribution in [0.15, 0.2) is 6.07 Å². The molecule has 1 aromatic heterocycles. The molecule has 1 aliphatic rings. The van der Waals surface area contributed by atoms with Gasteiger partial charge in [0.2, 0.25) is 5.88 Å². The minimum absolute atomic E-state index is 0.109. The third-order valence-corrected chi connectivity index (χ3v) is 4.03. The maximum atomic E-state index is 12.5. The Morgan fingerprint density at radius 2 is 2.00 bits per heavy atom. The van der Waals surface area contributed by atoms with Gasteiger partial charge in [0.15, 0.2) is 0 Å². The molecule has 1 amide bonds. The van der Waals surface area contributed by atoms with Crippen molar-refractivity contribution in [2.24, 2.45) is 0 Å². The van der Waals surface area contributed by atoms with Crippen LogP contribution in [-0.2, 0) is 5.54 Å². The Morgan fingerprint density at radius 1 is 1.41 bits per heavy atom. The van der Waals surface area contributed by atoms with E-state index in [0.29, 0.717) is 5.82 Å². The smallest absolute Gasteiger partial charge is 0.389 e. The lowest BCUT2D eigenvalue weighted by Gasteiger charge is -2.31. The van der Waals surface area contributed by atoms with Gasteiger partial charge in [-0.1, -0.05) is 12.8 Å². The normalized spacial score (nSPS) is 16.3. The lowest BCUT2D eigenvalue weighted by molar-refractivity contribution is 0.112. The van der Waals surface area contributed by atoms with Crippen LogP contribution in [-0.4, -0.2) is 32.9 Å². The van der Waals surface area contributed by atoms with Gasteiger partial charge in [-0.3, -0.25) is 0 Å². The van der Waals surface area contributed by atoms with Crippen molar-refractivity contribution >= 4 is 11.9 Å². The number of carbonyl (C=O) groups excluding carboxylic acids is 1. The third kappa shape index (κ3) is 3.54. The van der Waals surface area contributed by atoms with E-state index in [-0.39, 0.29) is 29.6 Å². The molecule has 1 heterocycles. The summed E-state index contributed by atoms with van der Waals surface area (Å²) >= 11 is 0. The summed E-state index contributed by atoms with van der Waals surface area (Å²) in [6, 6.07) is 1.99. The number of amides is 1. The lowest BCUT2D eigenvalue weighted by Crippen LogP contribution is -2.45. The van der Waals surface area contributed by atoms with E-state index < -0.39 is 0 Å². The number of nitrogens with two attached hydrogens (primary N) is 1. The Balaban J connectivity index is 2.13. The maximum Gasteiger partial charge on any atom is 0.417 e. The molecular weight excluding hydrogens is 280 g/mol. The molecule has 0 spiro atoms. The van der Waals surface area contributed by atoms with Crippen molar-refractivity contribution in [2.45, 2.75) is 77.9 Å². The number of nitrogen functional groups attached to an aromatic ring is 1. The molecule has 2 rings (SSSR count). The van der Waals surface area contributed by atoms with Gasteiger partial charge in [0.1, 0.15) is 5.82 Å². The van der Waals surface area contributed by atoms with Crippen LogP contribution in [0.25, 0.3) is 0 Å². The molecule has 6 nitrogen and oxygen atoms in total. The van der Waals surface area contributed by atoms with Gasteiger partial charge >= 0.3 is 6.09 Å². The quantitative estimate of drug-likeness (QED) is 0.929. The molecule has 22 heavy (non-hydrogen) atoms. The predicted octanol–water partition coefficient (Wildman–Crippen LogP) is 3.37. The number of nitrogens with zero attached hydrogens (tertiary/aromatic N) is 3. The van der Waals surface area contributed by atoms with Crippen molar-refractivity contribution < 1.29 is 9.53 Å². The monoisotopic (exact) mass is 308 g/mol. The lowest BCUT2D eigenvalue weighted by atomic mass is 10.1. The highest BCUT2D eigenvalue weighted by Crippen LogP contribution is 2.27. The number of rotatable bonds is 3. The van der Waals surface area contributed by atoms with Gasteiger partial charge in [-0.05, 0) is 47.5 Å². The van der Waals surface area contributed by atoms with Gasteiger partial charge in [-0.15, -0.1) is 5.10 Å². The van der Waals surface area contributed by atoms with Crippen LogP contribution in [0.1, 0.15) is 60.3 Å². The summed E-state index contributed by atoms with van der Waals surface area (Å²) in [6.45, 7) is 10.0. The average molecular weight is 308 g/mol. The van der Waals surface area contributed by atoms with Crippen LogP contribution >= 0.6 is 0 Å². The standard InChI is InChI=1S/C16H28N4O2/c1-11(2)19(12-8-6-7-9-12)15(21)22-14-10-13(17)20(18-14)16(3,4)5/h10-12H,6-9,17H2,1-5H3. The summed E-state index contributed by atoms with van der Waals surface area (Å²) in [5.41, 5.74) is 5.70. The van der Waals surface area contributed by atoms with Gasteiger partial charge in [0.05, 0.1) is 5.54 Å². The van der Waals surface area contributed by atoms with Crippen molar-refractivity contribution in [1.29, 1.82) is 0 Å². The molecule has 1 fully saturated rings. The van der Waals surface area contributed by atoms with Crippen LogP contribution in [0.4, 0.5) is 10.6 Å². The summed E-state index contributed by atoms with van der Waals surface area (Å²) in [5.74, 6) is 0.758. The van der Waals surface area contributed by atoms with Crippen LogP contribution < -0.4 is 10.5 Å². The first kappa shape index (κ1) is 16.6. The van der Waals surface area contributed by atoms with Crippen LogP contribution in [0.2, 0.25) is 0 Å². The van der Waals surface area contributed by atoms with Gasteiger partial charge < -0.3 is 15.4 Å². The fourth-order valence-corrected chi connectivity index (χ4v) is 3.07. The van der Waals surface area contributed by atoms with E-state index in [2.05, 4.69) is 5.10 Å². The Kier molecular flexibility index (Phi) is 4.68. The molecule has 0 bridgehead atoms. The molecule has 1 aliphatic carbocycles. The molecule has 0 atom stereocenters. The van der Waals surface area contributed by atoms with Crippen molar-refractivity contribution in [1.82, 2.24) is 14.7 Å². The highest BCUT2D eigenvalue weighted by atomic mass is 16.6. The molecule has 2 N–H and O–H groups in total. The molecule has 124 valence electrons. The maximum absolute atomic E-state index is 12.5. The van der Waals surface area contributed by atoms with Crippen LogP contribution in [0.5, 0.6) is 5.88 Å². The highest BCUT2D eigenvalue weighted by Gasteiger charge is 2.31. The van der Waals surface area contributed by atoms with Crippen molar-refractivity contribution in [2.75, 3.05) is 5.73 Å². The molecule has 0 unspecified atom stereocenters. The summed E-state index contributed by atoms with van der Waals surface area (Å²) < 4.78 is 7.15. The number of aromatic nitrogens is 2. The fourth-order valence-electron chi connectivity index (χ4n) is 3.07. The van der Waals surface area contributed by atoms with E-state index in [1.165, 1.54) is 12.8 Å². The first-order valence-corrected chi connectivity index (χ1v) is 8.06. The largest absolute Gasteiger partial charge is 0.417 e. The van der Waals surface area contributed by atoms with Crippen LogP contribution in [0, 0.1) is 0 Å². The molecule has 0 saturated heterocycles. The number of hydrogen-bond acceptors (Lipinski definition) is 4. The molecule has 0 radical (unpaired) electrons. The molecule has 0 aromatic carbocycles. The number of ether oxygens (including phenoxy) is 1. The average Bonchev–Trinajstić information content (AvgIpc) is 2.98. The number of hydrogen-bond donors (Lipinski definition) is 1. The fraction of sp³-hybridized carbons (Fsp3) is 0.750. The van der Waals surface area contributed by atoms with E-state index in [1.54, 1.807) is 10.7 Å². The van der Waals surface area contributed by atoms with Crippen LogP contribution in [0.3, 0.4) is 0 Å². The first-order chi connectivity index (χ1) is 10.2. The van der Waals surface area contributed by atoms with Crippen molar-refractivity contribution in [3.05, 3.63) is 6.07 Å². The zero-order valence-corrected chi connectivity index (χ0v) is 14.3. The topological polar surface area (TPSA) is 73.4 Å².